The Morgan fingerprint density at radius 3 is 1.50 bits per heavy atom. The molecule has 0 fully saturated rings. The van der Waals surface area contributed by atoms with Crippen LogP contribution >= 0.6 is 22.7 Å². The molecule has 0 aromatic carbocycles. The molecule has 26 heavy (non-hydrogen) atoms. The normalized spacial score (nSPS) is 12.8. The Balaban J connectivity index is 2.67. The summed E-state index contributed by atoms with van der Waals surface area (Å²) < 4.78 is 10.2. The first-order valence-corrected chi connectivity index (χ1v) is 9.69. The fourth-order valence-corrected chi connectivity index (χ4v) is 3.75. The summed E-state index contributed by atoms with van der Waals surface area (Å²) in [6, 6.07) is 7.06. The Labute approximate surface area is 159 Å². The van der Waals surface area contributed by atoms with Gasteiger partial charge >= 0.3 is 11.9 Å². The fourth-order valence-electron chi connectivity index (χ4n) is 2.20. The second kappa shape index (κ2) is 9.21. The Morgan fingerprint density at radius 2 is 1.23 bits per heavy atom. The summed E-state index contributed by atoms with van der Waals surface area (Å²) in [4.78, 5) is 26.1. The van der Waals surface area contributed by atoms with Gasteiger partial charge in [0.15, 0.2) is 0 Å². The molecule has 0 bridgehead atoms. The van der Waals surface area contributed by atoms with Crippen molar-refractivity contribution in [3.05, 3.63) is 56.2 Å². The summed E-state index contributed by atoms with van der Waals surface area (Å²) in [7, 11) is 0. The second-order valence-electron chi connectivity index (χ2n) is 4.97. The number of esters is 2. The minimum atomic E-state index is -0.593. The van der Waals surface area contributed by atoms with E-state index in [-0.39, 0.29) is 35.8 Å². The number of hydrogen-bond donors (Lipinski definition) is 2. The zero-order valence-corrected chi connectivity index (χ0v) is 16.1. The van der Waals surface area contributed by atoms with E-state index in [1.807, 2.05) is 10.8 Å². The molecule has 4 N–H and O–H groups in total. The third kappa shape index (κ3) is 4.33. The van der Waals surface area contributed by atoms with E-state index in [0.29, 0.717) is 9.75 Å². The molecule has 0 aliphatic carbocycles. The molecule has 2 aromatic heterocycles. The molecule has 138 valence electrons. The van der Waals surface area contributed by atoms with Crippen molar-refractivity contribution in [2.45, 2.75) is 13.8 Å². The number of rotatable bonds is 7. The molecule has 0 aliphatic heterocycles. The first-order chi connectivity index (χ1) is 12.5. The van der Waals surface area contributed by atoms with Gasteiger partial charge in [0.2, 0.25) is 0 Å². The van der Waals surface area contributed by atoms with Crippen LogP contribution in [0.2, 0.25) is 0 Å². The van der Waals surface area contributed by atoms with Crippen molar-refractivity contribution in [3.63, 3.8) is 0 Å². The van der Waals surface area contributed by atoms with Gasteiger partial charge < -0.3 is 20.9 Å². The minimum Gasteiger partial charge on any atom is -0.462 e. The highest BCUT2D eigenvalue weighted by Gasteiger charge is 2.25. The molecule has 0 saturated heterocycles. The number of nitrogens with two attached hydrogens (primary N) is 2. The number of hydrogen-bond acceptors (Lipinski definition) is 8. The van der Waals surface area contributed by atoms with Crippen LogP contribution in [0.3, 0.4) is 0 Å². The average molecular weight is 393 g/mol. The van der Waals surface area contributed by atoms with Crippen LogP contribution in [0.4, 0.5) is 0 Å². The molecule has 0 aliphatic rings. The second-order valence-corrected chi connectivity index (χ2v) is 6.87. The summed E-state index contributed by atoms with van der Waals surface area (Å²) in [6.07, 6.45) is 0. The standard InChI is InChI=1S/C18H20N2O4S2/c1-3-23-17(21)13(11-7-5-9-25-11)15(19)16(20)14(18(22)24-4-2)12-8-6-10-26-12/h5-10H,3-4,19-20H2,1-2H3/b15-13+,16-14+. The largest absolute Gasteiger partial charge is 0.462 e. The molecule has 0 atom stereocenters. The van der Waals surface area contributed by atoms with Gasteiger partial charge in [0, 0.05) is 9.75 Å². The highest BCUT2D eigenvalue weighted by Crippen LogP contribution is 2.30. The molecule has 0 spiro atoms. The van der Waals surface area contributed by atoms with E-state index in [4.69, 9.17) is 20.9 Å². The van der Waals surface area contributed by atoms with Gasteiger partial charge in [-0.25, -0.2) is 9.59 Å². The van der Waals surface area contributed by atoms with Crippen molar-refractivity contribution >= 4 is 45.8 Å². The molecule has 0 unspecified atom stereocenters. The van der Waals surface area contributed by atoms with Crippen LogP contribution in [-0.2, 0) is 19.1 Å². The molecule has 2 heterocycles. The van der Waals surface area contributed by atoms with Gasteiger partial charge in [-0.2, -0.15) is 0 Å². The van der Waals surface area contributed by atoms with Crippen molar-refractivity contribution in [1.29, 1.82) is 0 Å². The first-order valence-electron chi connectivity index (χ1n) is 7.93. The Bertz CT molecular complexity index is 751. The summed E-state index contributed by atoms with van der Waals surface area (Å²) >= 11 is 2.66. The predicted molar refractivity (Wildman–Crippen MR) is 104 cm³/mol. The lowest BCUT2D eigenvalue weighted by Crippen LogP contribution is -2.21. The van der Waals surface area contributed by atoms with Crippen LogP contribution in [0, 0.1) is 0 Å². The van der Waals surface area contributed by atoms with E-state index in [1.165, 1.54) is 22.7 Å². The SMILES string of the molecule is CCOC(=O)/C(=C(N)\C(N)=C(/C(=O)OCC)c1cccs1)c1cccs1. The van der Waals surface area contributed by atoms with Crippen molar-refractivity contribution in [3.8, 4) is 0 Å². The lowest BCUT2D eigenvalue weighted by atomic mass is 10.1. The topological polar surface area (TPSA) is 105 Å². The molecule has 0 saturated carbocycles. The van der Waals surface area contributed by atoms with Gasteiger partial charge in [-0.1, -0.05) is 12.1 Å². The van der Waals surface area contributed by atoms with Crippen molar-refractivity contribution < 1.29 is 19.1 Å². The highest BCUT2D eigenvalue weighted by atomic mass is 32.1. The van der Waals surface area contributed by atoms with E-state index in [2.05, 4.69) is 0 Å². The van der Waals surface area contributed by atoms with Crippen LogP contribution in [0.5, 0.6) is 0 Å². The van der Waals surface area contributed by atoms with E-state index < -0.39 is 11.9 Å². The highest BCUT2D eigenvalue weighted by molar-refractivity contribution is 7.11. The zero-order valence-electron chi connectivity index (χ0n) is 14.5. The van der Waals surface area contributed by atoms with Crippen molar-refractivity contribution in [1.82, 2.24) is 0 Å². The lowest BCUT2D eigenvalue weighted by Gasteiger charge is -2.14. The lowest BCUT2D eigenvalue weighted by molar-refractivity contribution is -0.137. The monoisotopic (exact) mass is 392 g/mol. The predicted octanol–water partition coefficient (Wildman–Crippen LogP) is 2.98. The number of carbonyl (C=O) groups excluding carboxylic acids is 2. The van der Waals surface area contributed by atoms with E-state index in [0.717, 1.165) is 0 Å². The summed E-state index contributed by atoms with van der Waals surface area (Å²) in [6.45, 7) is 3.80. The fraction of sp³-hybridized carbons (Fsp3) is 0.222. The van der Waals surface area contributed by atoms with Crippen molar-refractivity contribution in [2.75, 3.05) is 13.2 Å². The Kier molecular flexibility index (Phi) is 6.99. The Hall–Kier alpha value is -2.58. The maximum atomic E-state index is 12.4. The zero-order chi connectivity index (χ0) is 19.1. The molecule has 6 nitrogen and oxygen atoms in total. The average Bonchev–Trinajstić information content (AvgIpc) is 3.29. The summed E-state index contributed by atoms with van der Waals surface area (Å²) in [5, 5.41) is 3.63. The van der Waals surface area contributed by atoms with Gasteiger partial charge in [0.1, 0.15) is 11.1 Å². The van der Waals surface area contributed by atoms with Crippen LogP contribution < -0.4 is 11.5 Å². The third-order valence-electron chi connectivity index (χ3n) is 3.32. The molecular formula is C18H20N2O4S2. The number of ether oxygens (including phenoxy) is 2. The summed E-state index contributed by atoms with van der Waals surface area (Å²) in [5.41, 5.74) is 12.7. The first kappa shape index (κ1) is 19.7. The summed E-state index contributed by atoms with van der Waals surface area (Å²) in [5.74, 6) is -1.19. The van der Waals surface area contributed by atoms with Gasteiger partial charge in [0.05, 0.1) is 24.6 Å². The molecule has 2 aromatic rings. The van der Waals surface area contributed by atoms with Crippen LogP contribution in [0.25, 0.3) is 11.1 Å². The Morgan fingerprint density at radius 1 is 0.846 bits per heavy atom. The maximum absolute atomic E-state index is 12.4. The molecule has 2 rings (SSSR count). The molecule has 0 radical (unpaired) electrons. The maximum Gasteiger partial charge on any atom is 0.341 e. The van der Waals surface area contributed by atoms with Gasteiger partial charge in [-0.15, -0.1) is 22.7 Å². The molecule has 8 heteroatoms. The van der Waals surface area contributed by atoms with Gasteiger partial charge in [-0.3, -0.25) is 0 Å². The van der Waals surface area contributed by atoms with Crippen molar-refractivity contribution in [2.24, 2.45) is 11.5 Å². The van der Waals surface area contributed by atoms with Crippen LogP contribution in [-0.4, -0.2) is 25.2 Å². The van der Waals surface area contributed by atoms with E-state index in [9.17, 15) is 9.59 Å². The third-order valence-corrected chi connectivity index (χ3v) is 5.10. The minimum absolute atomic E-state index is 0.0117. The molecule has 0 amide bonds. The van der Waals surface area contributed by atoms with E-state index in [1.54, 1.807) is 38.1 Å². The van der Waals surface area contributed by atoms with Crippen LogP contribution in [0.15, 0.2) is 46.4 Å². The van der Waals surface area contributed by atoms with E-state index >= 15 is 0 Å². The van der Waals surface area contributed by atoms with Crippen LogP contribution in [0.1, 0.15) is 23.6 Å². The van der Waals surface area contributed by atoms with Gasteiger partial charge in [0.25, 0.3) is 0 Å². The number of thiophene rings is 2. The quantitative estimate of drug-likeness (QED) is 0.426. The molecular weight excluding hydrogens is 372 g/mol. The number of carbonyl (C=O) groups is 2. The smallest absolute Gasteiger partial charge is 0.341 e. The van der Waals surface area contributed by atoms with Gasteiger partial charge in [-0.05, 0) is 36.7 Å².